The largest absolute Gasteiger partial charge is 0.491 e. The van der Waals surface area contributed by atoms with E-state index >= 15 is 0 Å². The van der Waals surface area contributed by atoms with Crippen molar-refractivity contribution >= 4 is 29.1 Å². The molecule has 1 N–H and O–H groups in total. The van der Waals surface area contributed by atoms with Gasteiger partial charge in [0, 0.05) is 28.8 Å². The monoisotopic (exact) mass is 379 g/mol. The van der Waals surface area contributed by atoms with Crippen LogP contribution in [-0.4, -0.2) is 25.2 Å². The number of benzene rings is 2. The Morgan fingerprint density at radius 3 is 2.88 bits per heavy atom. The van der Waals surface area contributed by atoms with Gasteiger partial charge >= 0.3 is 0 Å². The molecule has 1 aliphatic heterocycles. The van der Waals surface area contributed by atoms with Crippen molar-refractivity contribution in [2.75, 3.05) is 13.2 Å². The van der Waals surface area contributed by atoms with Crippen molar-refractivity contribution < 1.29 is 14.3 Å². The topological polar surface area (TPSA) is 47.6 Å². The van der Waals surface area contributed by atoms with Gasteiger partial charge in [-0.3, -0.25) is 4.79 Å². The minimum Gasteiger partial charge on any atom is -0.491 e. The molecule has 1 unspecified atom stereocenters. The molecular weight excluding hydrogens is 361 g/mol. The molecule has 0 bridgehead atoms. The van der Waals surface area contributed by atoms with Gasteiger partial charge in [-0.15, -0.1) is 0 Å². The summed E-state index contributed by atoms with van der Waals surface area (Å²) in [5, 5.41) is 3.95. The zero-order valence-electron chi connectivity index (χ0n) is 13.6. The minimum absolute atomic E-state index is 0.143. The maximum absolute atomic E-state index is 12.3. The van der Waals surface area contributed by atoms with E-state index in [-0.39, 0.29) is 12.0 Å². The summed E-state index contributed by atoms with van der Waals surface area (Å²) in [7, 11) is 0. The Morgan fingerprint density at radius 2 is 2.12 bits per heavy atom. The van der Waals surface area contributed by atoms with Gasteiger partial charge in [-0.2, -0.15) is 0 Å². The quantitative estimate of drug-likeness (QED) is 0.804. The maximum Gasteiger partial charge on any atom is 0.251 e. The standard InChI is InChI=1S/C19H19Cl2NO3/c20-15-7-6-14(18(21)10-15)11-22-19(23)13-3-1-4-16(9-13)25-12-17-5-2-8-24-17/h1,3-4,6-7,9-10,17H,2,5,8,11-12H2,(H,22,23). The molecule has 0 radical (unpaired) electrons. The summed E-state index contributed by atoms with van der Waals surface area (Å²) in [5.41, 5.74) is 1.35. The van der Waals surface area contributed by atoms with Crippen molar-refractivity contribution in [2.24, 2.45) is 0 Å². The molecule has 132 valence electrons. The first-order chi connectivity index (χ1) is 12.1. The summed E-state index contributed by atoms with van der Waals surface area (Å²) < 4.78 is 11.3. The highest BCUT2D eigenvalue weighted by molar-refractivity contribution is 6.35. The van der Waals surface area contributed by atoms with Crippen molar-refractivity contribution in [3.05, 3.63) is 63.6 Å². The Balaban J connectivity index is 1.56. The first-order valence-corrected chi connectivity index (χ1v) is 8.94. The third-order valence-electron chi connectivity index (χ3n) is 4.01. The van der Waals surface area contributed by atoms with E-state index < -0.39 is 0 Å². The van der Waals surface area contributed by atoms with Crippen LogP contribution in [0.5, 0.6) is 5.75 Å². The van der Waals surface area contributed by atoms with Crippen molar-refractivity contribution in [3.63, 3.8) is 0 Å². The van der Waals surface area contributed by atoms with Crippen LogP contribution in [0.2, 0.25) is 10.0 Å². The van der Waals surface area contributed by atoms with Crippen LogP contribution in [0.3, 0.4) is 0 Å². The second-order valence-electron chi connectivity index (χ2n) is 5.89. The predicted octanol–water partition coefficient (Wildman–Crippen LogP) is 4.48. The third-order valence-corrected chi connectivity index (χ3v) is 4.60. The van der Waals surface area contributed by atoms with Crippen LogP contribution in [0.25, 0.3) is 0 Å². The van der Waals surface area contributed by atoms with Gasteiger partial charge in [0.1, 0.15) is 12.4 Å². The smallest absolute Gasteiger partial charge is 0.251 e. The molecule has 25 heavy (non-hydrogen) atoms. The van der Waals surface area contributed by atoms with Crippen LogP contribution in [0.4, 0.5) is 0 Å². The van der Waals surface area contributed by atoms with Crippen LogP contribution in [-0.2, 0) is 11.3 Å². The lowest BCUT2D eigenvalue weighted by atomic mass is 10.2. The lowest BCUT2D eigenvalue weighted by Gasteiger charge is -2.12. The molecule has 0 saturated carbocycles. The SMILES string of the molecule is O=C(NCc1ccc(Cl)cc1Cl)c1cccc(OCC2CCCO2)c1. The van der Waals surface area contributed by atoms with Gasteiger partial charge in [0.25, 0.3) is 5.91 Å². The highest BCUT2D eigenvalue weighted by atomic mass is 35.5. The Kier molecular flexibility index (Phi) is 6.19. The summed E-state index contributed by atoms with van der Waals surface area (Å²) in [6, 6.07) is 12.3. The first-order valence-electron chi connectivity index (χ1n) is 8.18. The van der Waals surface area contributed by atoms with Gasteiger partial charge in [0.2, 0.25) is 0 Å². The Bertz CT molecular complexity index is 745. The number of carbonyl (C=O) groups is 1. The van der Waals surface area contributed by atoms with E-state index in [2.05, 4.69) is 5.32 Å². The number of carbonyl (C=O) groups excluding carboxylic acids is 1. The van der Waals surface area contributed by atoms with Gasteiger partial charge < -0.3 is 14.8 Å². The van der Waals surface area contributed by atoms with Crippen LogP contribution >= 0.6 is 23.2 Å². The normalized spacial score (nSPS) is 16.6. The number of halogens is 2. The van der Waals surface area contributed by atoms with Crippen molar-refractivity contribution in [1.29, 1.82) is 0 Å². The van der Waals surface area contributed by atoms with E-state index in [4.69, 9.17) is 32.7 Å². The lowest BCUT2D eigenvalue weighted by molar-refractivity contribution is 0.0679. The fraction of sp³-hybridized carbons (Fsp3) is 0.316. The zero-order chi connectivity index (χ0) is 17.6. The number of hydrogen-bond donors (Lipinski definition) is 1. The van der Waals surface area contributed by atoms with Crippen LogP contribution in [0.15, 0.2) is 42.5 Å². The third kappa shape index (κ3) is 5.11. The van der Waals surface area contributed by atoms with E-state index in [0.29, 0.717) is 34.5 Å². The molecule has 4 nitrogen and oxygen atoms in total. The Morgan fingerprint density at radius 1 is 1.24 bits per heavy atom. The van der Waals surface area contributed by atoms with Crippen LogP contribution in [0, 0.1) is 0 Å². The summed E-state index contributed by atoms with van der Waals surface area (Å²) in [5.74, 6) is 0.473. The van der Waals surface area contributed by atoms with Crippen LogP contribution in [0.1, 0.15) is 28.8 Å². The summed E-state index contributed by atoms with van der Waals surface area (Å²) in [4.78, 5) is 12.3. The molecule has 3 rings (SSSR count). The van der Waals surface area contributed by atoms with Crippen molar-refractivity contribution in [3.8, 4) is 5.75 Å². The van der Waals surface area contributed by atoms with Gasteiger partial charge in [0.15, 0.2) is 0 Å². The molecule has 2 aromatic rings. The number of amides is 1. The molecule has 1 fully saturated rings. The predicted molar refractivity (Wildman–Crippen MR) is 98.5 cm³/mol. The van der Waals surface area contributed by atoms with Crippen molar-refractivity contribution in [2.45, 2.75) is 25.5 Å². The number of rotatable bonds is 6. The van der Waals surface area contributed by atoms with E-state index in [1.165, 1.54) is 0 Å². The highest BCUT2D eigenvalue weighted by Gasteiger charge is 2.16. The molecular formula is C19H19Cl2NO3. The fourth-order valence-corrected chi connectivity index (χ4v) is 3.11. The molecule has 1 saturated heterocycles. The highest BCUT2D eigenvalue weighted by Crippen LogP contribution is 2.21. The van der Waals surface area contributed by atoms with Gasteiger partial charge in [-0.25, -0.2) is 0 Å². The minimum atomic E-state index is -0.186. The molecule has 1 amide bonds. The number of ether oxygens (including phenoxy) is 2. The lowest BCUT2D eigenvalue weighted by Crippen LogP contribution is -2.23. The first kappa shape index (κ1) is 18.1. The number of nitrogens with one attached hydrogen (secondary N) is 1. The Hall–Kier alpha value is -1.75. The van der Waals surface area contributed by atoms with E-state index in [9.17, 15) is 4.79 Å². The Labute approximate surface area is 157 Å². The molecule has 6 heteroatoms. The van der Waals surface area contributed by atoms with E-state index in [1.54, 1.807) is 36.4 Å². The molecule has 0 aromatic heterocycles. The molecule has 2 aromatic carbocycles. The second kappa shape index (κ2) is 8.56. The fourth-order valence-electron chi connectivity index (χ4n) is 2.63. The summed E-state index contributed by atoms with van der Waals surface area (Å²) >= 11 is 12.0. The number of hydrogen-bond acceptors (Lipinski definition) is 3. The van der Waals surface area contributed by atoms with E-state index in [1.807, 2.05) is 6.07 Å². The van der Waals surface area contributed by atoms with Gasteiger partial charge in [-0.1, -0.05) is 35.3 Å². The van der Waals surface area contributed by atoms with Gasteiger partial charge in [0.05, 0.1) is 6.10 Å². The molecule has 1 heterocycles. The zero-order valence-corrected chi connectivity index (χ0v) is 15.1. The maximum atomic E-state index is 12.3. The molecule has 1 aliphatic rings. The molecule has 1 atom stereocenters. The van der Waals surface area contributed by atoms with Crippen molar-refractivity contribution in [1.82, 2.24) is 5.32 Å². The van der Waals surface area contributed by atoms with Crippen LogP contribution < -0.4 is 10.1 Å². The summed E-state index contributed by atoms with van der Waals surface area (Å²) in [6.07, 6.45) is 2.23. The summed E-state index contributed by atoms with van der Waals surface area (Å²) in [6.45, 7) is 1.63. The second-order valence-corrected chi connectivity index (χ2v) is 6.74. The van der Waals surface area contributed by atoms with Gasteiger partial charge in [-0.05, 0) is 48.7 Å². The average molecular weight is 380 g/mol. The van der Waals surface area contributed by atoms with E-state index in [0.717, 1.165) is 25.0 Å². The average Bonchev–Trinajstić information content (AvgIpc) is 3.13. The molecule has 0 spiro atoms. The molecule has 0 aliphatic carbocycles.